The van der Waals surface area contributed by atoms with Crippen molar-refractivity contribution in [1.82, 2.24) is 9.80 Å². The second-order valence-corrected chi connectivity index (χ2v) is 6.89. The average Bonchev–Trinajstić information content (AvgIpc) is 2.60. The Balaban J connectivity index is 1.52. The molecule has 0 aromatic rings. The van der Waals surface area contributed by atoms with E-state index in [1.165, 1.54) is 19.3 Å². The third-order valence-corrected chi connectivity index (χ3v) is 5.05. The maximum atomic E-state index is 11.8. The molecule has 0 bridgehead atoms. The van der Waals surface area contributed by atoms with E-state index in [4.69, 9.17) is 14.2 Å². The summed E-state index contributed by atoms with van der Waals surface area (Å²) in [6.45, 7) is 7.94. The lowest BCUT2D eigenvalue weighted by Crippen LogP contribution is -2.41. The molecule has 0 saturated carbocycles. The van der Waals surface area contributed by atoms with Gasteiger partial charge in [-0.3, -0.25) is 14.5 Å². The van der Waals surface area contributed by atoms with Crippen molar-refractivity contribution in [3.05, 3.63) is 0 Å². The fraction of sp³-hybridized carbons (Fsp3) is 0.889. The number of nitrogens with zero attached hydrogens (tertiary/aromatic N) is 2. The number of esters is 2. The van der Waals surface area contributed by atoms with E-state index < -0.39 is 0 Å². The number of carbonyl (C=O) groups is 2. The molecule has 2 heterocycles. The topological polar surface area (TPSA) is 68.3 Å². The van der Waals surface area contributed by atoms with Gasteiger partial charge in [0.1, 0.15) is 6.23 Å². The molecule has 7 heteroatoms. The molecular formula is C18H32N2O5. The fourth-order valence-corrected chi connectivity index (χ4v) is 3.37. The number of rotatable bonds is 8. The maximum absolute atomic E-state index is 11.8. The van der Waals surface area contributed by atoms with Gasteiger partial charge in [-0.2, -0.15) is 0 Å². The summed E-state index contributed by atoms with van der Waals surface area (Å²) < 4.78 is 15.5. The van der Waals surface area contributed by atoms with E-state index >= 15 is 0 Å². The SMILES string of the molecule is CC1CCCCN1CCC(=O)OCOC(=O)CCN1CCCOC1C. The second-order valence-electron chi connectivity index (χ2n) is 6.89. The van der Waals surface area contributed by atoms with Gasteiger partial charge in [0.15, 0.2) is 0 Å². The van der Waals surface area contributed by atoms with E-state index in [0.29, 0.717) is 25.6 Å². The van der Waals surface area contributed by atoms with Crippen molar-refractivity contribution in [3.8, 4) is 0 Å². The van der Waals surface area contributed by atoms with Crippen molar-refractivity contribution < 1.29 is 23.8 Å². The molecule has 0 radical (unpaired) electrons. The molecule has 0 aromatic heterocycles. The maximum Gasteiger partial charge on any atom is 0.309 e. The quantitative estimate of drug-likeness (QED) is 0.485. The largest absolute Gasteiger partial charge is 0.428 e. The van der Waals surface area contributed by atoms with Crippen LogP contribution in [-0.4, -0.2) is 73.6 Å². The Labute approximate surface area is 150 Å². The highest BCUT2D eigenvalue weighted by Gasteiger charge is 2.20. The summed E-state index contributed by atoms with van der Waals surface area (Å²) in [5, 5.41) is 0. The monoisotopic (exact) mass is 356 g/mol. The zero-order chi connectivity index (χ0) is 18.1. The lowest BCUT2D eigenvalue weighted by Gasteiger charge is -2.33. The van der Waals surface area contributed by atoms with E-state index in [9.17, 15) is 9.59 Å². The van der Waals surface area contributed by atoms with Gasteiger partial charge < -0.3 is 19.1 Å². The van der Waals surface area contributed by atoms with Crippen molar-refractivity contribution in [2.75, 3.05) is 39.6 Å². The van der Waals surface area contributed by atoms with Crippen LogP contribution in [0.4, 0.5) is 0 Å². The molecule has 2 atom stereocenters. The standard InChI is InChI=1S/C18H32N2O5/c1-15-6-3-4-9-19(15)11-7-17(21)24-14-25-18(22)8-12-20-10-5-13-23-16(20)2/h15-16H,3-14H2,1-2H3. The number of hydrogen-bond acceptors (Lipinski definition) is 7. The van der Waals surface area contributed by atoms with E-state index in [1.54, 1.807) is 0 Å². The van der Waals surface area contributed by atoms with E-state index in [2.05, 4.69) is 16.7 Å². The summed E-state index contributed by atoms with van der Waals surface area (Å²) in [5.41, 5.74) is 0. The van der Waals surface area contributed by atoms with Crippen LogP contribution in [0.15, 0.2) is 0 Å². The molecule has 25 heavy (non-hydrogen) atoms. The van der Waals surface area contributed by atoms with Crippen LogP contribution in [0.5, 0.6) is 0 Å². The lowest BCUT2D eigenvalue weighted by molar-refractivity contribution is -0.168. The van der Waals surface area contributed by atoms with E-state index in [-0.39, 0.29) is 31.4 Å². The Hall–Kier alpha value is -1.18. The first kappa shape index (κ1) is 20.1. The average molecular weight is 356 g/mol. The Morgan fingerprint density at radius 2 is 1.60 bits per heavy atom. The molecule has 0 amide bonds. The second kappa shape index (κ2) is 10.7. The van der Waals surface area contributed by atoms with Gasteiger partial charge in [0.25, 0.3) is 0 Å². The molecule has 2 saturated heterocycles. The molecule has 0 spiro atoms. The first-order valence-corrected chi connectivity index (χ1v) is 9.47. The Morgan fingerprint density at radius 3 is 2.24 bits per heavy atom. The third-order valence-electron chi connectivity index (χ3n) is 5.05. The summed E-state index contributed by atoms with van der Waals surface area (Å²) in [6, 6.07) is 0.528. The fourth-order valence-electron chi connectivity index (χ4n) is 3.37. The van der Waals surface area contributed by atoms with Gasteiger partial charge in [-0.15, -0.1) is 0 Å². The Morgan fingerprint density at radius 1 is 0.960 bits per heavy atom. The molecule has 0 aliphatic carbocycles. The van der Waals surface area contributed by atoms with Gasteiger partial charge in [-0.05, 0) is 39.7 Å². The first-order chi connectivity index (χ1) is 12.1. The van der Waals surface area contributed by atoms with Gasteiger partial charge in [0.2, 0.25) is 6.79 Å². The van der Waals surface area contributed by atoms with E-state index in [0.717, 1.165) is 26.1 Å². The number of piperidine rings is 1. The highest BCUT2D eigenvalue weighted by molar-refractivity contribution is 5.71. The minimum absolute atomic E-state index is 0.0385. The number of likely N-dealkylation sites (tertiary alicyclic amines) is 1. The van der Waals surface area contributed by atoms with Crippen LogP contribution in [0.2, 0.25) is 0 Å². The van der Waals surface area contributed by atoms with Gasteiger partial charge in [0, 0.05) is 32.3 Å². The number of hydrogen-bond donors (Lipinski definition) is 0. The van der Waals surface area contributed by atoms with Gasteiger partial charge >= 0.3 is 11.9 Å². The van der Waals surface area contributed by atoms with Crippen molar-refractivity contribution in [2.45, 2.75) is 64.6 Å². The van der Waals surface area contributed by atoms with Crippen molar-refractivity contribution in [2.24, 2.45) is 0 Å². The molecule has 2 aliphatic heterocycles. The smallest absolute Gasteiger partial charge is 0.309 e. The van der Waals surface area contributed by atoms with Crippen molar-refractivity contribution in [3.63, 3.8) is 0 Å². The zero-order valence-corrected chi connectivity index (χ0v) is 15.6. The minimum Gasteiger partial charge on any atom is -0.428 e. The Bertz CT molecular complexity index is 394. The Kier molecular flexibility index (Phi) is 8.64. The van der Waals surface area contributed by atoms with Gasteiger partial charge in [-0.1, -0.05) is 6.42 Å². The highest BCUT2D eigenvalue weighted by atomic mass is 16.7. The van der Waals surface area contributed by atoms with Crippen LogP contribution in [-0.2, 0) is 23.8 Å². The third kappa shape index (κ3) is 7.30. The first-order valence-electron chi connectivity index (χ1n) is 9.47. The molecule has 0 N–H and O–H groups in total. The van der Waals surface area contributed by atoms with Crippen molar-refractivity contribution in [1.29, 1.82) is 0 Å². The molecule has 144 valence electrons. The van der Waals surface area contributed by atoms with Crippen LogP contribution in [0.3, 0.4) is 0 Å². The summed E-state index contributed by atoms with van der Waals surface area (Å²) in [4.78, 5) is 27.9. The molecule has 2 unspecified atom stereocenters. The summed E-state index contributed by atoms with van der Waals surface area (Å²) in [6.07, 6.45) is 5.27. The predicted octanol–water partition coefficient (Wildman–Crippen LogP) is 1.75. The lowest BCUT2D eigenvalue weighted by atomic mass is 10.0. The van der Waals surface area contributed by atoms with E-state index in [1.807, 2.05) is 6.92 Å². The van der Waals surface area contributed by atoms with Crippen LogP contribution in [0.1, 0.15) is 52.4 Å². The minimum atomic E-state index is -0.352. The van der Waals surface area contributed by atoms with Crippen LogP contribution < -0.4 is 0 Å². The normalized spacial score (nSPS) is 25.5. The zero-order valence-electron chi connectivity index (χ0n) is 15.6. The molecule has 0 aromatic carbocycles. The predicted molar refractivity (Wildman–Crippen MR) is 92.8 cm³/mol. The summed E-state index contributed by atoms with van der Waals surface area (Å²) >= 11 is 0. The molecule has 2 rings (SSSR count). The van der Waals surface area contributed by atoms with Gasteiger partial charge in [0.05, 0.1) is 12.8 Å². The number of carbonyl (C=O) groups excluding carboxylic acids is 2. The molecule has 7 nitrogen and oxygen atoms in total. The molecule has 2 aliphatic rings. The highest BCUT2D eigenvalue weighted by Crippen LogP contribution is 2.16. The number of ether oxygens (including phenoxy) is 3. The summed E-state index contributed by atoms with van der Waals surface area (Å²) in [5.74, 6) is -0.668. The van der Waals surface area contributed by atoms with Crippen LogP contribution in [0.25, 0.3) is 0 Å². The van der Waals surface area contributed by atoms with Crippen LogP contribution >= 0.6 is 0 Å². The molecule has 2 fully saturated rings. The van der Waals surface area contributed by atoms with Crippen molar-refractivity contribution >= 4 is 11.9 Å². The van der Waals surface area contributed by atoms with Gasteiger partial charge in [-0.25, -0.2) is 0 Å². The van der Waals surface area contributed by atoms with Crippen LogP contribution in [0, 0.1) is 0 Å². The molecular weight excluding hydrogens is 324 g/mol. The summed E-state index contributed by atoms with van der Waals surface area (Å²) in [7, 11) is 0.